The zero-order chi connectivity index (χ0) is 8.15. The molecule has 0 aliphatic heterocycles. The van der Waals surface area contributed by atoms with Gasteiger partial charge in [-0.25, -0.2) is 0 Å². The van der Waals surface area contributed by atoms with Crippen molar-refractivity contribution in [3.8, 4) is 0 Å². The van der Waals surface area contributed by atoms with Gasteiger partial charge in [-0.15, -0.1) is 0 Å². The molecule has 0 bridgehead atoms. The van der Waals surface area contributed by atoms with Crippen molar-refractivity contribution in [3.63, 3.8) is 0 Å². The maximum Gasteiger partial charge on any atom is 0.150 e. The molecule has 3 nitrogen and oxygen atoms in total. The van der Waals surface area contributed by atoms with Crippen LogP contribution in [-0.2, 0) is 4.79 Å². The van der Waals surface area contributed by atoms with Crippen molar-refractivity contribution in [3.05, 3.63) is 0 Å². The number of rotatable bonds is 3. The molecule has 0 fully saturated rings. The predicted molar refractivity (Wildman–Crippen MR) is 42.1 cm³/mol. The smallest absolute Gasteiger partial charge is 0.150 e. The fourth-order valence-electron chi connectivity index (χ4n) is 0.699. The van der Waals surface area contributed by atoms with Gasteiger partial charge in [0.1, 0.15) is 0 Å². The highest BCUT2D eigenvalue weighted by atomic mass is 16.1. The number of Topliss-reactive ketones (excluding diaryl/α,β-unsaturated/α-hetero) is 1. The summed E-state index contributed by atoms with van der Waals surface area (Å²) in [6, 6.07) is 0. The molecule has 3 heteroatoms. The minimum Gasteiger partial charge on any atom is -0.298 e. The molecule has 0 rings (SSSR count). The van der Waals surface area contributed by atoms with Gasteiger partial charge in [0, 0.05) is 12.8 Å². The summed E-state index contributed by atoms with van der Waals surface area (Å²) < 4.78 is 0. The van der Waals surface area contributed by atoms with Crippen molar-refractivity contribution >= 4 is 11.5 Å². The monoisotopic (exact) mass is 142 g/mol. The third-order valence-electron chi connectivity index (χ3n) is 0.822. The number of hydrogen-bond donors (Lipinski definition) is 0. The minimum atomic E-state index is 0.132. The van der Waals surface area contributed by atoms with Gasteiger partial charge in [-0.2, -0.15) is 5.10 Å². The zero-order valence-electron chi connectivity index (χ0n) is 7.01. The topological polar surface area (TPSA) is 32.7 Å². The highest BCUT2D eigenvalue weighted by Gasteiger charge is 1.95. The van der Waals surface area contributed by atoms with E-state index in [1.165, 1.54) is 0 Å². The summed E-state index contributed by atoms with van der Waals surface area (Å²) >= 11 is 0. The molecule has 0 heterocycles. The second kappa shape index (κ2) is 4.04. The first kappa shape index (κ1) is 9.14. The SMILES string of the molecule is CC(=O)CN(C)N=C(C)C. The lowest BCUT2D eigenvalue weighted by Crippen LogP contribution is -2.19. The quantitative estimate of drug-likeness (QED) is 0.433. The molecule has 0 atom stereocenters. The Kier molecular flexibility index (Phi) is 3.69. The maximum absolute atomic E-state index is 10.5. The molecule has 58 valence electrons. The first-order chi connectivity index (χ1) is 4.52. The highest BCUT2D eigenvalue weighted by Crippen LogP contribution is 1.85. The molecule has 0 aliphatic carbocycles. The first-order valence-corrected chi connectivity index (χ1v) is 3.24. The van der Waals surface area contributed by atoms with E-state index in [1.807, 2.05) is 13.8 Å². The number of carbonyl (C=O) groups excluding carboxylic acids is 1. The Morgan fingerprint density at radius 1 is 1.40 bits per heavy atom. The summed E-state index contributed by atoms with van der Waals surface area (Å²) in [5.74, 6) is 0.132. The van der Waals surface area contributed by atoms with Gasteiger partial charge in [0.05, 0.1) is 6.54 Å². The van der Waals surface area contributed by atoms with Crippen molar-refractivity contribution in [2.45, 2.75) is 20.8 Å². The van der Waals surface area contributed by atoms with Crippen molar-refractivity contribution < 1.29 is 4.79 Å². The van der Waals surface area contributed by atoms with Gasteiger partial charge < -0.3 is 0 Å². The Hall–Kier alpha value is -0.860. The number of nitrogens with zero attached hydrogens (tertiary/aromatic N) is 2. The normalized spacial score (nSPS) is 8.80. The maximum atomic E-state index is 10.5. The second-order valence-electron chi connectivity index (χ2n) is 2.56. The third-order valence-corrected chi connectivity index (χ3v) is 0.822. The summed E-state index contributed by atoms with van der Waals surface area (Å²) in [4.78, 5) is 10.5. The number of carbonyl (C=O) groups is 1. The van der Waals surface area contributed by atoms with Crippen LogP contribution in [-0.4, -0.2) is 30.1 Å². The summed E-state index contributed by atoms with van der Waals surface area (Å²) in [6.07, 6.45) is 0. The summed E-state index contributed by atoms with van der Waals surface area (Å²) in [5.41, 5.74) is 0.962. The van der Waals surface area contributed by atoms with E-state index in [-0.39, 0.29) is 5.78 Å². The number of hydrazone groups is 1. The molecular weight excluding hydrogens is 128 g/mol. The Bertz CT molecular complexity index is 148. The molecule has 0 saturated heterocycles. The Morgan fingerprint density at radius 2 is 1.90 bits per heavy atom. The van der Waals surface area contributed by atoms with Crippen LogP contribution in [0.1, 0.15) is 20.8 Å². The fraction of sp³-hybridized carbons (Fsp3) is 0.714. The van der Waals surface area contributed by atoms with E-state index < -0.39 is 0 Å². The molecule has 10 heavy (non-hydrogen) atoms. The van der Waals surface area contributed by atoms with E-state index in [0.29, 0.717) is 6.54 Å². The van der Waals surface area contributed by atoms with Gasteiger partial charge in [0.2, 0.25) is 0 Å². The Morgan fingerprint density at radius 3 is 2.20 bits per heavy atom. The van der Waals surface area contributed by atoms with Gasteiger partial charge in [-0.1, -0.05) is 0 Å². The van der Waals surface area contributed by atoms with Crippen molar-refractivity contribution in [2.75, 3.05) is 13.6 Å². The van der Waals surface area contributed by atoms with E-state index in [9.17, 15) is 4.79 Å². The average molecular weight is 142 g/mol. The standard InChI is InChI=1S/C7H14N2O/c1-6(2)8-9(4)5-7(3)10/h5H2,1-4H3. The van der Waals surface area contributed by atoms with Crippen molar-refractivity contribution in [2.24, 2.45) is 5.10 Å². The van der Waals surface area contributed by atoms with Gasteiger partial charge in [-0.05, 0) is 20.8 Å². The van der Waals surface area contributed by atoms with E-state index in [2.05, 4.69) is 5.10 Å². The van der Waals surface area contributed by atoms with Crippen LogP contribution in [0, 0.1) is 0 Å². The Balaban J connectivity index is 3.75. The molecular formula is C7H14N2O. The predicted octanol–water partition coefficient (Wildman–Crippen LogP) is 0.903. The van der Waals surface area contributed by atoms with Crippen molar-refractivity contribution in [1.82, 2.24) is 5.01 Å². The lowest BCUT2D eigenvalue weighted by Gasteiger charge is -2.10. The average Bonchev–Trinajstić information content (AvgIpc) is 1.58. The zero-order valence-corrected chi connectivity index (χ0v) is 7.01. The van der Waals surface area contributed by atoms with E-state index >= 15 is 0 Å². The Labute approximate surface area is 61.7 Å². The van der Waals surface area contributed by atoms with E-state index in [0.717, 1.165) is 5.71 Å². The molecule has 0 aromatic carbocycles. The lowest BCUT2D eigenvalue weighted by molar-refractivity contribution is -0.117. The third kappa shape index (κ3) is 5.28. The first-order valence-electron chi connectivity index (χ1n) is 3.24. The van der Waals surface area contributed by atoms with Crippen molar-refractivity contribution in [1.29, 1.82) is 0 Å². The second-order valence-corrected chi connectivity index (χ2v) is 2.56. The molecule has 0 N–H and O–H groups in total. The lowest BCUT2D eigenvalue weighted by atomic mass is 10.4. The van der Waals surface area contributed by atoms with Gasteiger partial charge in [0.15, 0.2) is 5.78 Å². The van der Waals surface area contributed by atoms with Crippen LogP contribution in [0.25, 0.3) is 0 Å². The highest BCUT2D eigenvalue weighted by molar-refractivity contribution is 5.80. The molecule has 0 aliphatic rings. The fourth-order valence-corrected chi connectivity index (χ4v) is 0.699. The van der Waals surface area contributed by atoms with E-state index in [4.69, 9.17) is 0 Å². The van der Waals surface area contributed by atoms with Gasteiger partial charge in [-0.3, -0.25) is 9.80 Å². The molecule has 0 aromatic rings. The minimum absolute atomic E-state index is 0.132. The number of ketones is 1. The summed E-state index contributed by atoms with van der Waals surface area (Å²) in [5, 5.41) is 5.68. The van der Waals surface area contributed by atoms with Crippen LogP contribution in [0.4, 0.5) is 0 Å². The molecule has 0 aromatic heterocycles. The van der Waals surface area contributed by atoms with Crippen LogP contribution in [0.5, 0.6) is 0 Å². The van der Waals surface area contributed by atoms with Crippen LogP contribution in [0.15, 0.2) is 5.10 Å². The van der Waals surface area contributed by atoms with Crippen LogP contribution >= 0.6 is 0 Å². The van der Waals surface area contributed by atoms with E-state index in [1.54, 1.807) is 19.0 Å². The van der Waals surface area contributed by atoms with Gasteiger partial charge >= 0.3 is 0 Å². The van der Waals surface area contributed by atoms with Crippen LogP contribution in [0.2, 0.25) is 0 Å². The number of hydrogen-bond acceptors (Lipinski definition) is 3. The molecule has 0 radical (unpaired) electrons. The molecule has 0 saturated carbocycles. The molecule has 0 amide bonds. The number of likely N-dealkylation sites (N-methyl/N-ethyl adjacent to an activating group) is 1. The summed E-state index contributed by atoms with van der Waals surface area (Å²) in [6.45, 7) is 5.75. The van der Waals surface area contributed by atoms with Crippen LogP contribution in [0.3, 0.4) is 0 Å². The molecule has 0 unspecified atom stereocenters. The largest absolute Gasteiger partial charge is 0.298 e. The molecule has 0 spiro atoms. The van der Waals surface area contributed by atoms with Crippen LogP contribution < -0.4 is 0 Å². The van der Waals surface area contributed by atoms with Gasteiger partial charge in [0.25, 0.3) is 0 Å². The summed E-state index contributed by atoms with van der Waals surface area (Å²) in [7, 11) is 1.79.